The highest BCUT2D eigenvalue weighted by Crippen LogP contribution is 2.34. The van der Waals surface area contributed by atoms with Gasteiger partial charge in [0.2, 0.25) is 0 Å². The van der Waals surface area contributed by atoms with Crippen molar-refractivity contribution in [3.8, 4) is 11.5 Å². The molecule has 0 spiro atoms. The van der Waals surface area contributed by atoms with E-state index in [0.29, 0.717) is 17.3 Å². The Morgan fingerprint density at radius 2 is 1.76 bits per heavy atom. The second-order valence-corrected chi connectivity index (χ2v) is 3.22. The number of ether oxygens (including phenoxy) is 2. The summed E-state index contributed by atoms with van der Waals surface area (Å²) in [6.45, 7) is 0. The van der Waals surface area contributed by atoms with Crippen LogP contribution in [0.15, 0.2) is 28.7 Å². The highest BCUT2D eigenvalue weighted by molar-refractivity contribution is 5.90. The first-order valence-corrected chi connectivity index (χ1v) is 4.96. The molecule has 0 aliphatic rings. The van der Waals surface area contributed by atoms with Gasteiger partial charge in [0.15, 0.2) is 17.3 Å². The van der Waals surface area contributed by atoms with E-state index in [0.717, 1.165) is 10.9 Å². The molecule has 0 bridgehead atoms. The molecule has 1 heterocycles. The van der Waals surface area contributed by atoms with Crippen molar-refractivity contribution in [1.82, 2.24) is 9.97 Å². The maximum atomic E-state index is 5.22. The minimum atomic E-state index is 0.512. The second-order valence-electron chi connectivity index (χ2n) is 3.22. The van der Waals surface area contributed by atoms with Crippen LogP contribution in [0, 0.1) is 0 Å². The molecule has 0 saturated heterocycles. The van der Waals surface area contributed by atoms with Gasteiger partial charge in [-0.2, -0.15) is 5.11 Å². The number of hydrogen-bond acceptors (Lipinski definition) is 6. The van der Waals surface area contributed by atoms with E-state index in [1.807, 2.05) is 0 Å². The Morgan fingerprint density at radius 3 is 2.41 bits per heavy atom. The fraction of sp³-hybridized carbons (Fsp3) is 0.273. The van der Waals surface area contributed by atoms with Gasteiger partial charge in [0.1, 0.15) is 6.33 Å². The Kier molecular flexibility index (Phi) is 3.13. The summed E-state index contributed by atoms with van der Waals surface area (Å²) in [5.41, 5.74) is 0.736. The summed E-state index contributed by atoms with van der Waals surface area (Å²) < 4.78 is 10.4. The Labute approximate surface area is 98.3 Å². The van der Waals surface area contributed by atoms with E-state index >= 15 is 0 Å². The lowest BCUT2D eigenvalue weighted by atomic mass is 10.2. The normalized spacial score (nSPS) is 11.0. The number of methoxy groups -OCH3 is 2. The molecule has 0 N–H and O–H groups in total. The monoisotopic (exact) mass is 232 g/mol. The molecule has 0 radical (unpaired) electrons. The molecule has 0 unspecified atom stereocenters. The van der Waals surface area contributed by atoms with E-state index in [1.54, 1.807) is 33.4 Å². The number of benzene rings is 1. The smallest absolute Gasteiger partial charge is 0.185 e. The van der Waals surface area contributed by atoms with E-state index < -0.39 is 0 Å². The third-order valence-electron chi connectivity index (χ3n) is 2.31. The van der Waals surface area contributed by atoms with Crippen LogP contribution in [-0.2, 0) is 0 Å². The molecule has 0 fully saturated rings. The first kappa shape index (κ1) is 11.3. The van der Waals surface area contributed by atoms with Crippen LogP contribution in [0.1, 0.15) is 0 Å². The first-order valence-electron chi connectivity index (χ1n) is 4.96. The molecule has 6 nitrogen and oxygen atoms in total. The number of azo groups is 1. The van der Waals surface area contributed by atoms with E-state index in [-0.39, 0.29) is 0 Å². The van der Waals surface area contributed by atoms with Crippen LogP contribution in [-0.4, -0.2) is 31.2 Å². The zero-order chi connectivity index (χ0) is 12.3. The van der Waals surface area contributed by atoms with Crippen LogP contribution in [0.3, 0.4) is 0 Å². The van der Waals surface area contributed by atoms with Gasteiger partial charge in [-0.3, -0.25) is 0 Å². The summed E-state index contributed by atoms with van der Waals surface area (Å²) in [4.78, 5) is 8.22. The number of aromatic nitrogens is 2. The number of fused-ring (bicyclic) bond motifs is 1. The zero-order valence-electron chi connectivity index (χ0n) is 9.84. The average molecular weight is 232 g/mol. The van der Waals surface area contributed by atoms with Gasteiger partial charge < -0.3 is 9.47 Å². The van der Waals surface area contributed by atoms with Crippen molar-refractivity contribution in [3.63, 3.8) is 0 Å². The Balaban J connectivity index is 2.73. The van der Waals surface area contributed by atoms with Gasteiger partial charge in [-0.1, -0.05) is 0 Å². The number of nitrogens with zero attached hydrogens (tertiary/aromatic N) is 4. The predicted molar refractivity (Wildman–Crippen MR) is 63.1 cm³/mol. The molecular formula is C11H12N4O2. The lowest BCUT2D eigenvalue weighted by Gasteiger charge is -2.08. The fourth-order valence-corrected chi connectivity index (χ4v) is 1.54. The Bertz CT molecular complexity index is 569. The standard InChI is InChI=1S/C11H12N4O2/c1-12-15-11-7-4-9(16-2)10(17-3)5-8(7)13-6-14-11/h4-6H,1-3H3. The van der Waals surface area contributed by atoms with Gasteiger partial charge >= 0.3 is 0 Å². The fourth-order valence-electron chi connectivity index (χ4n) is 1.54. The summed E-state index contributed by atoms with van der Waals surface area (Å²) in [5.74, 6) is 1.75. The maximum Gasteiger partial charge on any atom is 0.185 e. The van der Waals surface area contributed by atoms with Crippen molar-refractivity contribution in [2.75, 3.05) is 21.3 Å². The molecule has 2 rings (SSSR count). The predicted octanol–water partition coefficient (Wildman–Crippen LogP) is 2.36. The topological polar surface area (TPSA) is 69.0 Å². The molecular weight excluding hydrogens is 220 g/mol. The van der Waals surface area contributed by atoms with Crippen molar-refractivity contribution < 1.29 is 9.47 Å². The third-order valence-corrected chi connectivity index (χ3v) is 2.31. The molecule has 0 amide bonds. The van der Waals surface area contributed by atoms with E-state index in [4.69, 9.17) is 9.47 Å². The lowest BCUT2D eigenvalue weighted by Crippen LogP contribution is -1.92. The minimum absolute atomic E-state index is 0.512. The molecule has 17 heavy (non-hydrogen) atoms. The quantitative estimate of drug-likeness (QED) is 0.762. The summed E-state index contributed by atoms with van der Waals surface area (Å²) in [7, 11) is 4.75. The molecule has 6 heteroatoms. The summed E-state index contributed by atoms with van der Waals surface area (Å²) in [5, 5.41) is 8.43. The SMILES string of the molecule is CN=Nc1ncnc2cc(OC)c(OC)cc12. The lowest BCUT2D eigenvalue weighted by molar-refractivity contribution is 0.356. The van der Waals surface area contributed by atoms with E-state index in [2.05, 4.69) is 20.2 Å². The van der Waals surface area contributed by atoms with Crippen LogP contribution in [0.5, 0.6) is 11.5 Å². The largest absolute Gasteiger partial charge is 0.493 e. The van der Waals surface area contributed by atoms with Crippen LogP contribution in [0.25, 0.3) is 10.9 Å². The highest BCUT2D eigenvalue weighted by atomic mass is 16.5. The molecule has 1 aromatic heterocycles. The molecule has 88 valence electrons. The average Bonchev–Trinajstić information content (AvgIpc) is 2.38. The molecule has 0 atom stereocenters. The Morgan fingerprint density at radius 1 is 1.06 bits per heavy atom. The van der Waals surface area contributed by atoms with E-state index in [9.17, 15) is 0 Å². The van der Waals surface area contributed by atoms with Crippen LogP contribution in [0.2, 0.25) is 0 Å². The van der Waals surface area contributed by atoms with Gasteiger partial charge in [0, 0.05) is 13.1 Å². The summed E-state index contributed by atoms with van der Waals surface area (Å²) in [6, 6.07) is 3.57. The molecule has 0 aliphatic carbocycles. The summed E-state index contributed by atoms with van der Waals surface area (Å²) >= 11 is 0. The zero-order valence-corrected chi connectivity index (χ0v) is 9.84. The van der Waals surface area contributed by atoms with E-state index in [1.165, 1.54) is 6.33 Å². The maximum absolute atomic E-state index is 5.22. The van der Waals surface area contributed by atoms with Crippen LogP contribution in [0.4, 0.5) is 5.82 Å². The van der Waals surface area contributed by atoms with Gasteiger partial charge in [-0.05, 0) is 6.07 Å². The number of hydrogen-bond donors (Lipinski definition) is 0. The van der Waals surface area contributed by atoms with Crippen molar-refractivity contribution >= 4 is 16.7 Å². The van der Waals surface area contributed by atoms with Gasteiger partial charge in [-0.15, -0.1) is 5.11 Å². The highest BCUT2D eigenvalue weighted by Gasteiger charge is 2.10. The minimum Gasteiger partial charge on any atom is -0.493 e. The van der Waals surface area contributed by atoms with Crippen molar-refractivity contribution in [2.24, 2.45) is 10.2 Å². The molecule has 2 aromatic rings. The second kappa shape index (κ2) is 4.73. The van der Waals surface area contributed by atoms with Crippen LogP contribution < -0.4 is 9.47 Å². The third kappa shape index (κ3) is 2.01. The summed E-state index contributed by atoms with van der Waals surface area (Å²) in [6.07, 6.45) is 1.44. The van der Waals surface area contributed by atoms with Gasteiger partial charge in [0.05, 0.1) is 25.1 Å². The molecule has 0 saturated carbocycles. The van der Waals surface area contributed by atoms with Crippen LogP contribution >= 0.6 is 0 Å². The first-order chi connectivity index (χ1) is 8.30. The van der Waals surface area contributed by atoms with Crippen molar-refractivity contribution in [3.05, 3.63) is 18.5 Å². The van der Waals surface area contributed by atoms with Crippen molar-refractivity contribution in [1.29, 1.82) is 0 Å². The molecule has 0 aliphatic heterocycles. The van der Waals surface area contributed by atoms with Gasteiger partial charge in [-0.25, -0.2) is 9.97 Å². The number of rotatable bonds is 3. The van der Waals surface area contributed by atoms with Crippen molar-refractivity contribution in [2.45, 2.75) is 0 Å². The van der Waals surface area contributed by atoms with Gasteiger partial charge in [0.25, 0.3) is 0 Å². The Hall–Kier alpha value is -2.24. The molecule has 1 aromatic carbocycles.